The van der Waals surface area contributed by atoms with Gasteiger partial charge in [-0.25, -0.2) is 0 Å². The summed E-state index contributed by atoms with van der Waals surface area (Å²) in [6, 6.07) is 14.2. The van der Waals surface area contributed by atoms with Gasteiger partial charge in [0, 0.05) is 19.3 Å². The van der Waals surface area contributed by atoms with Crippen molar-refractivity contribution < 1.29 is 4.74 Å². The van der Waals surface area contributed by atoms with E-state index in [0.717, 1.165) is 17.8 Å². The normalized spacial score (nSPS) is 10.2. The van der Waals surface area contributed by atoms with Crippen LogP contribution in [0.5, 0.6) is 5.75 Å². The highest BCUT2D eigenvalue weighted by Gasteiger charge is 2.09. The molecule has 0 aliphatic rings. The van der Waals surface area contributed by atoms with E-state index in [0.29, 0.717) is 11.3 Å². The number of methoxy groups -OCH3 is 1. The van der Waals surface area contributed by atoms with Gasteiger partial charge in [-0.15, -0.1) is 0 Å². The molecule has 2 rings (SSSR count). The second-order valence-corrected chi connectivity index (χ2v) is 5.14. The summed E-state index contributed by atoms with van der Waals surface area (Å²) in [5, 5.41) is 7.53. The summed E-state index contributed by atoms with van der Waals surface area (Å²) in [5.74, 6) is 0.655. The van der Waals surface area contributed by atoms with Gasteiger partial charge in [0.05, 0.1) is 12.7 Å². The summed E-state index contributed by atoms with van der Waals surface area (Å²) in [5.41, 5.74) is 9.69. The van der Waals surface area contributed by atoms with Gasteiger partial charge in [-0.2, -0.15) is 0 Å². The van der Waals surface area contributed by atoms with Gasteiger partial charge in [0.1, 0.15) is 11.6 Å². The summed E-state index contributed by atoms with van der Waals surface area (Å²) in [6.45, 7) is 2.84. The number of rotatable bonds is 5. The Labute approximate surface area is 125 Å². The Balaban J connectivity index is 2.19. The summed E-state index contributed by atoms with van der Waals surface area (Å²) in [4.78, 5) is 2.17. The molecule has 0 fully saturated rings. The molecule has 0 amide bonds. The number of amidine groups is 1. The van der Waals surface area contributed by atoms with E-state index < -0.39 is 0 Å². The van der Waals surface area contributed by atoms with Gasteiger partial charge in [0.25, 0.3) is 0 Å². The molecule has 0 aliphatic carbocycles. The Morgan fingerprint density at radius 3 is 2.43 bits per heavy atom. The number of ether oxygens (including phenoxy) is 1. The van der Waals surface area contributed by atoms with Crippen LogP contribution in [-0.4, -0.2) is 20.0 Å². The van der Waals surface area contributed by atoms with Gasteiger partial charge in [0.15, 0.2) is 0 Å². The monoisotopic (exact) mass is 283 g/mol. The molecule has 3 N–H and O–H groups in total. The first kappa shape index (κ1) is 14.9. The van der Waals surface area contributed by atoms with Crippen LogP contribution < -0.4 is 15.4 Å². The van der Waals surface area contributed by atoms with E-state index in [-0.39, 0.29) is 5.84 Å². The number of nitrogens with zero attached hydrogens (tertiary/aromatic N) is 1. The van der Waals surface area contributed by atoms with Crippen LogP contribution in [0, 0.1) is 12.3 Å². The van der Waals surface area contributed by atoms with Crippen molar-refractivity contribution in [2.24, 2.45) is 5.73 Å². The number of nitrogens with two attached hydrogens (primary N) is 1. The van der Waals surface area contributed by atoms with Gasteiger partial charge in [-0.1, -0.05) is 23.8 Å². The predicted molar refractivity (Wildman–Crippen MR) is 87.3 cm³/mol. The van der Waals surface area contributed by atoms with E-state index >= 15 is 0 Å². The lowest BCUT2D eigenvalue weighted by atomic mass is 10.1. The molecule has 0 atom stereocenters. The molecule has 4 heteroatoms. The Morgan fingerprint density at radius 1 is 1.19 bits per heavy atom. The second-order valence-electron chi connectivity index (χ2n) is 5.14. The van der Waals surface area contributed by atoms with Gasteiger partial charge >= 0.3 is 0 Å². The lowest BCUT2D eigenvalue weighted by molar-refractivity contribution is 0.413. The molecule has 2 aromatic carbocycles. The van der Waals surface area contributed by atoms with E-state index in [4.69, 9.17) is 15.9 Å². The third-order valence-corrected chi connectivity index (χ3v) is 3.45. The average Bonchev–Trinajstić information content (AvgIpc) is 2.47. The topological polar surface area (TPSA) is 62.3 Å². The molecule has 0 aliphatic heterocycles. The van der Waals surface area contributed by atoms with Gasteiger partial charge < -0.3 is 15.4 Å². The highest BCUT2D eigenvalue weighted by atomic mass is 16.5. The highest BCUT2D eigenvalue weighted by Crippen LogP contribution is 2.22. The first-order valence-electron chi connectivity index (χ1n) is 6.80. The maximum absolute atomic E-state index is 7.53. The van der Waals surface area contributed by atoms with Crippen molar-refractivity contribution in [1.29, 1.82) is 5.41 Å². The molecule has 0 saturated heterocycles. The molecule has 0 saturated carbocycles. The van der Waals surface area contributed by atoms with E-state index in [1.54, 1.807) is 7.11 Å². The number of nitrogen functional groups attached to an aromatic ring is 1. The number of benzene rings is 2. The zero-order valence-electron chi connectivity index (χ0n) is 12.7. The Kier molecular flexibility index (Phi) is 4.48. The van der Waals surface area contributed by atoms with Gasteiger partial charge in [-0.3, -0.25) is 5.41 Å². The molecule has 0 heterocycles. The van der Waals surface area contributed by atoms with E-state index in [1.165, 1.54) is 5.56 Å². The van der Waals surface area contributed by atoms with Crippen LogP contribution in [0.15, 0.2) is 42.5 Å². The summed E-state index contributed by atoms with van der Waals surface area (Å²) in [6.07, 6.45) is 0. The van der Waals surface area contributed by atoms with Crippen molar-refractivity contribution in [2.45, 2.75) is 13.5 Å². The maximum Gasteiger partial charge on any atom is 0.130 e. The minimum atomic E-state index is 0.0188. The molecule has 0 bridgehead atoms. The lowest BCUT2D eigenvalue weighted by Crippen LogP contribution is -2.17. The lowest BCUT2D eigenvalue weighted by Gasteiger charge is -2.20. The fourth-order valence-corrected chi connectivity index (χ4v) is 2.22. The molecule has 110 valence electrons. The Morgan fingerprint density at radius 2 is 1.86 bits per heavy atom. The Bertz CT molecular complexity index is 635. The number of aryl methyl sites for hydroxylation is 1. The van der Waals surface area contributed by atoms with Crippen LogP contribution in [-0.2, 0) is 6.54 Å². The number of nitrogens with one attached hydrogen (secondary N) is 1. The third-order valence-electron chi connectivity index (χ3n) is 3.45. The summed E-state index contributed by atoms with van der Waals surface area (Å²) < 4.78 is 5.31. The van der Waals surface area contributed by atoms with Crippen LogP contribution in [0.25, 0.3) is 0 Å². The van der Waals surface area contributed by atoms with E-state index in [9.17, 15) is 0 Å². The van der Waals surface area contributed by atoms with Crippen molar-refractivity contribution in [3.8, 4) is 5.75 Å². The zero-order chi connectivity index (χ0) is 15.4. The van der Waals surface area contributed by atoms with Crippen molar-refractivity contribution in [1.82, 2.24) is 0 Å². The fraction of sp³-hybridized carbons (Fsp3) is 0.235. The molecular weight excluding hydrogens is 262 g/mol. The molecule has 0 unspecified atom stereocenters. The Hall–Kier alpha value is -2.49. The van der Waals surface area contributed by atoms with Crippen molar-refractivity contribution in [3.63, 3.8) is 0 Å². The third kappa shape index (κ3) is 3.54. The average molecular weight is 283 g/mol. The predicted octanol–water partition coefficient (Wildman–Crippen LogP) is 2.92. The minimum absolute atomic E-state index is 0.0188. The van der Waals surface area contributed by atoms with Crippen molar-refractivity contribution in [3.05, 3.63) is 59.2 Å². The van der Waals surface area contributed by atoms with Crippen LogP contribution >= 0.6 is 0 Å². The molecule has 4 nitrogen and oxygen atoms in total. The zero-order valence-corrected chi connectivity index (χ0v) is 12.7. The second kappa shape index (κ2) is 6.31. The van der Waals surface area contributed by atoms with Crippen molar-refractivity contribution >= 4 is 11.5 Å². The van der Waals surface area contributed by atoms with E-state index in [1.807, 2.05) is 18.2 Å². The fourth-order valence-electron chi connectivity index (χ4n) is 2.22. The van der Waals surface area contributed by atoms with E-state index in [2.05, 4.69) is 43.1 Å². The van der Waals surface area contributed by atoms with Gasteiger partial charge in [-0.05, 0) is 36.8 Å². The van der Waals surface area contributed by atoms with Gasteiger partial charge in [0.2, 0.25) is 0 Å². The quantitative estimate of drug-likeness (QED) is 0.655. The van der Waals surface area contributed by atoms with Crippen molar-refractivity contribution in [2.75, 3.05) is 19.1 Å². The highest BCUT2D eigenvalue weighted by molar-refractivity contribution is 5.97. The SMILES string of the molecule is COc1cc(CN(C)c2ccc(C)cc2)ccc1C(=N)N. The number of anilines is 1. The largest absolute Gasteiger partial charge is 0.496 e. The van der Waals surface area contributed by atoms with Crippen LogP contribution in [0.2, 0.25) is 0 Å². The maximum atomic E-state index is 7.53. The van der Waals surface area contributed by atoms with Crippen LogP contribution in [0.3, 0.4) is 0 Å². The number of hydrogen-bond acceptors (Lipinski definition) is 3. The molecule has 0 radical (unpaired) electrons. The standard InChI is InChI=1S/C17H21N3O/c1-12-4-7-14(8-5-12)20(2)11-13-6-9-15(17(18)19)16(10-13)21-3/h4-10H,11H2,1-3H3,(H3,18,19). The first-order valence-corrected chi connectivity index (χ1v) is 6.80. The minimum Gasteiger partial charge on any atom is -0.496 e. The molecule has 0 spiro atoms. The molecule has 0 aromatic heterocycles. The first-order chi connectivity index (χ1) is 10.0. The molecule has 2 aromatic rings. The summed E-state index contributed by atoms with van der Waals surface area (Å²) in [7, 11) is 3.64. The molecule has 21 heavy (non-hydrogen) atoms. The molecular formula is C17H21N3O. The van der Waals surface area contributed by atoms with Crippen LogP contribution in [0.1, 0.15) is 16.7 Å². The smallest absolute Gasteiger partial charge is 0.130 e. The number of hydrogen-bond donors (Lipinski definition) is 2. The summed E-state index contributed by atoms with van der Waals surface area (Å²) >= 11 is 0. The van der Waals surface area contributed by atoms with Crippen LogP contribution in [0.4, 0.5) is 5.69 Å².